The van der Waals surface area contributed by atoms with Crippen molar-refractivity contribution in [3.63, 3.8) is 0 Å². The van der Waals surface area contributed by atoms with E-state index >= 15 is 0 Å². The van der Waals surface area contributed by atoms with Crippen LogP contribution in [0.5, 0.6) is 0 Å². The first-order chi connectivity index (χ1) is 7.88. The predicted octanol–water partition coefficient (Wildman–Crippen LogP) is 6.00. The molecular weight excluding hydrogens is 349 g/mol. The van der Waals surface area contributed by atoms with Gasteiger partial charge in [-0.3, -0.25) is 6.08 Å². The van der Waals surface area contributed by atoms with Crippen LogP contribution in [-0.2, 0) is 18.6 Å². The number of hydrogen-bond acceptors (Lipinski definition) is 0. The van der Waals surface area contributed by atoms with Gasteiger partial charge in [-0.15, -0.1) is 55.8 Å². The Balaban J connectivity index is -0.000000124. The summed E-state index contributed by atoms with van der Waals surface area (Å²) in [7, 11) is 0. The fourth-order valence-corrected chi connectivity index (χ4v) is 1.67. The van der Waals surface area contributed by atoms with Crippen molar-refractivity contribution in [3.8, 4) is 0 Å². The zero-order valence-corrected chi connectivity index (χ0v) is 15.8. The number of hydrogen-bond donors (Lipinski definition) is 0. The fraction of sp³-hybridized carbons (Fsp3) is 0.312. The molecule has 0 amide bonds. The zero-order valence-electron chi connectivity index (χ0n) is 11.9. The van der Waals surface area contributed by atoms with Crippen LogP contribution in [0.1, 0.15) is 38.7 Å². The molecule has 113 valence electrons. The van der Waals surface area contributed by atoms with Gasteiger partial charge in [-0.05, 0) is 0 Å². The van der Waals surface area contributed by atoms with E-state index in [1.165, 1.54) is 18.4 Å². The van der Waals surface area contributed by atoms with E-state index in [0.717, 1.165) is 6.42 Å². The van der Waals surface area contributed by atoms with Crippen molar-refractivity contribution in [1.82, 2.24) is 0 Å². The van der Waals surface area contributed by atoms with Crippen molar-refractivity contribution in [2.75, 3.05) is 0 Å². The molecule has 0 N–H and O–H groups in total. The van der Waals surface area contributed by atoms with Gasteiger partial charge in [0.15, 0.2) is 0 Å². The Bertz CT molecular complexity index is 323. The van der Waals surface area contributed by atoms with Gasteiger partial charge in [0.05, 0.1) is 0 Å². The molecular formula is C16H23Cl3V. The second kappa shape index (κ2) is 19.0. The molecule has 0 saturated heterocycles. The van der Waals surface area contributed by atoms with Crippen LogP contribution in [-0.4, -0.2) is 0 Å². The maximum absolute atomic E-state index is 2.99. The van der Waals surface area contributed by atoms with Gasteiger partial charge < -0.3 is 0 Å². The minimum Gasteiger partial charge on any atom is -0.273 e. The van der Waals surface area contributed by atoms with Crippen LogP contribution in [0, 0.1) is 12.0 Å². The Kier molecular flexibility index (Phi) is 26.8. The summed E-state index contributed by atoms with van der Waals surface area (Å²) < 4.78 is 0. The van der Waals surface area contributed by atoms with Crippen molar-refractivity contribution in [3.05, 3.63) is 66.1 Å². The minimum atomic E-state index is 0. The Morgan fingerprint density at radius 2 is 1.55 bits per heavy atom. The number of halogens is 3. The van der Waals surface area contributed by atoms with Crippen molar-refractivity contribution in [2.45, 2.75) is 33.1 Å². The van der Waals surface area contributed by atoms with Gasteiger partial charge in [-0.25, -0.2) is 12.2 Å². The van der Waals surface area contributed by atoms with Crippen molar-refractivity contribution >= 4 is 37.2 Å². The van der Waals surface area contributed by atoms with Gasteiger partial charge in [-0.2, -0.15) is 29.7 Å². The average Bonchev–Trinajstić information content (AvgIpc) is 2.91. The molecule has 0 heterocycles. The largest absolute Gasteiger partial charge is 2.00 e. The first-order valence-corrected chi connectivity index (χ1v) is 6.00. The van der Waals surface area contributed by atoms with Crippen molar-refractivity contribution in [2.24, 2.45) is 0 Å². The van der Waals surface area contributed by atoms with E-state index in [-0.39, 0.29) is 55.8 Å². The van der Waals surface area contributed by atoms with E-state index in [9.17, 15) is 0 Å². The standard InChI is InChI=1S/C11H15.C5H5.3ClH.V/c1-3-10(4-2)11-8-6-5-7-9-11;1-2-4-5-3-1;;;;/h5-9H,3-4H2,1-2H3;1-3H,4H2;3*1H;/q2*-1;;;;+2. The quantitative estimate of drug-likeness (QED) is 0.571. The van der Waals surface area contributed by atoms with Gasteiger partial charge in [-0.1, -0.05) is 32.8 Å². The van der Waals surface area contributed by atoms with E-state index in [2.05, 4.69) is 56.3 Å². The van der Waals surface area contributed by atoms with Crippen LogP contribution in [0.4, 0.5) is 0 Å². The normalized spacial score (nSPS) is 9.70. The molecule has 0 atom stereocenters. The third kappa shape index (κ3) is 11.8. The Hall–Kier alpha value is 0.0244. The monoisotopic (exact) mass is 371 g/mol. The molecule has 1 aromatic carbocycles. The number of benzene rings is 1. The van der Waals surface area contributed by atoms with Gasteiger partial charge >= 0.3 is 18.6 Å². The molecule has 0 aromatic heterocycles. The molecule has 4 heteroatoms. The topological polar surface area (TPSA) is 0 Å². The zero-order chi connectivity index (χ0) is 11.6. The van der Waals surface area contributed by atoms with Crippen LogP contribution in [0.15, 0.2) is 48.6 Å². The smallest absolute Gasteiger partial charge is 0.273 e. The molecule has 0 fully saturated rings. The Morgan fingerprint density at radius 3 is 1.85 bits per heavy atom. The summed E-state index contributed by atoms with van der Waals surface area (Å²) >= 11 is 0. The first kappa shape index (κ1) is 28.2. The molecule has 1 aromatic rings. The second-order valence-electron chi connectivity index (χ2n) is 3.68. The molecule has 0 saturated carbocycles. The summed E-state index contributed by atoms with van der Waals surface area (Å²) in [6.45, 7) is 4.43. The average molecular weight is 373 g/mol. The van der Waals surface area contributed by atoms with E-state index in [1.54, 1.807) is 5.92 Å². The Morgan fingerprint density at radius 1 is 1.00 bits per heavy atom. The summed E-state index contributed by atoms with van der Waals surface area (Å²) in [5.74, 6) is 1.55. The molecule has 0 nitrogen and oxygen atoms in total. The van der Waals surface area contributed by atoms with Crippen LogP contribution in [0.2, 0.25) is 0 Å². The van der Waals surface area contributed by atoms with Gasteiger partial charge in [0.2, 0.25) is 0 Å². The summed E-state index contributed by atoms with van der Waals surface area (Å²) in [4.78, 5) is 0. The first-order valence-electron chi connectivity index (χ1n) is 6.00. The molecule has 0 unspecified atom stereocenters. The van der Waals surface area contributed by atoms with E-state index < -0.39 is 0 Å². The van der Waals surface area contributed by atoms with Crippen LogP contribution < -0.4 is 0 Å². The van der Waals surface area contributed by atoms with Crippen molar-refractivity contribution < 1.29 is 18.6 Å². The minimum absolute atomic E-state index is 0. The van der Waals surface area contributed by atoms with Gasteiger partial charge in [0, 0.05) is 0 Å². The molecule has 20 heavy (non-hydrogen) atoms. The number of allylic oxidation sites excluding steroid dienone is 4. The predicted molar refractivity (Wildman–Crippen MR) is 92.7 cm³/mol. The fourth-order valence-electron chi connectivity index (χ4n) is 1.67. The summed E-state index contributed by atoms with van der Waals surface area (Å²) in [6.07, 6.45) is 12.3. The van der Waals surface area contributed by atoms with E-state index in [0.29, 0.717) is 0 Å². The third-order valence-electron chi connectivity index (χ3n) is 2.62. The van der Waals surface area contributed by atoms with Crippen LogP contribution >= 0.6 is 37.2 Å². The SMILES string of the molecule is CC[C-](CC)c1ccccc1.Cl.Cl.Cl.[C-]1=CC=CC1.[V+2]. The second-order valence-corrected chi connectivity index (χ2v) is 3.68. The molecule has 1 aliphatic rings. The molecule has 0 spiro atoms. The Labute approximate surface area is 154 Å². The van der Waals surface area contributed by atoms with E-state index in [1.807, 2.05) is 12.2 Å². The molecule has 0 bridgehead atoms. The third-order valence-corrected chi connectivity index (χ3v) is 2.62. The van der Waals surface area contributed by atoms with Crippen LogP contribution in [0.3, 0.4) is 0 Å². The van der Waals surface area contributed by atoms with Gasteiger partial charge in [0.1, 0.15) is 0 Å². The number of rotatable bonds is 3. The van der Waals surface area contributed by atoms with Crippen molar-refractivity contribution in [1.29, 1.82) is 0 Å². The van der Waals surface area contributed by atoms with Gasteiger partial charge in [0.25, 0.3) is 0 Å². The molecule has 2 rings (SSSR count). The summed E-state index contributed by atoms with van der Waals surface area (Å²) in [6, 6.07) is 10.6. The molecule has 0 aliphatic heterocycles. The molecule has 1 radical (unpaired) electrons. The molecule has 1 aliphatic carbocycles. The van der Waals surface area contributed by atoms with Crippen LogP contribution in [0.25, 0.3) is 0 Å². The van der Waals surface area contributed by atoms with E-state index in [4.69, 9.17) is 0 Å². The summed E-state index contributed by atoms with van der Waals surface area (Å²) in [5, 5.41) is 0. The maximum Gasteiger partial charge on any atom is 2.00 e. The maximum atomic E-state index is 2.99. The summed E-state index contributed by atoms with van der Waals surface area (Å²) in [5.41, 5.74) is 1.40.